The Kier molecular flexibility index (Phi) is 3.76. The van der Waals surface area contributed by atoms with Crippen LogP contribution in [0.15, 0.2) is 35.1 Å². The molecule has 104 valence electrons. The van der Waals surface area contributed by atoms with Gasteiger partial charge in [0.2, 0.25) is 0 Å². The molecule has 1 fully saturated rings. The van der Waals surface area contributed by atoms with Crippen molar-refractivity contribution < 1.29 is 9.32 Å². The number of nitrogens with one attached hydrogen (secondary N) is 1. The Balaban J connectivity index is 1.60. The van der Waals surface area contributed by atoms with Crippen molar-refractivity contribution in [2.45, 2.75) is 25.7 Å². The summed E-state index contributed by atoms with van der Waals surface area (Å²) in [5.74, 6) is 1.09. The van der Waals surface area contributed by atoms with Gasteiger partial charge < -0.3 is 9.84 Å². The van der Waals surface area contributed by atoms with Crippen LogP contribution < -0.4 is 5.32 Å². The van der Waals surface area contributed by atoms with E-state index < -0.39 is 0 Å². The van der Waals surface area contributed by atoms with E-state index in [4.69, 9.17) is 4.52 Å². The highest BCUT2D eigenvalue weighted by Crippen LogP contribution is 2.23. The zero-order valence-electron chi connectivity index (χ0n) is 11.2. The molecule has 1 aliphatic carbocycles. The van der Waals surface area contributed by atoms with Crippen LogP contribution >= 0.6 is 0 Å². The number of amides is 1. The number of hydrogen-bond donors (Lipinski definition) is 1. The summed E-state index contributed by atoms with van der Waals surface area (Å²) < 4.78 is 4.97. The summed E-state index contributed by atoms with van der Waals surface area (Å²) in [5, 5.41) is 6.57. The molecule has 1 aromatic carbocycles. The number of rotatable bonds is 4. The molecule has 0 bridgehead atoms. The number of carbonyl (C=O) groups excluding carboxylic acids is 1. The second-order valence-corrected chi connectivity index (χ2v) is 5.18. The number of benzene rings is 1. The molecule has 5 heteroatoms. The fraction of sp³-hybridized carbons (Fsp3) is 0.400. The molecule has 0 aliphatic heterocycles. The van der Waals surface area contributed by atoms with E-state index in [-0.39, 0.29) is 5.91 Å². The third-order valence-corrected chi connectivity index (χ3v) is 3.78. The van der Waals surface area contributed by atoms with Gasteiger partial charge >= 0.3 is 0 Å². The lowest BCUT2D eigenvalue weighted by atomic mass is 10.1. The molecule has 2 aromatic rings. The quantitative estimate of drug-likeness (QED) is 0.928. The molecule has 1 aromatic heterocycles. The Labute approximate surface area is 117 Å². The van der Waals surface area contributed by atoms with Gasteiger partial charge in [-0.25, -0.2) is 0 Å². The van der Waals surface area contributed by atoms with Gasteiger partial charge in [0, 0.05) is 17.7 Å². The van der Waals surface area contributed by atoms with Crippen LogP contribution in [0.4, 0.5) is 0 Å². The molecule has 20 heavy (non-hydrogen) atoms. The SMILES string of the molecule is O=C(NCC1CCCC1)c1ccc(-c2ncno2)cc1. The van der Waals surface area contributed by atoms with Crippen molar-refractivity contribution in [3.05, 3.63) is 36.2 Å². The molecule has 1 heterocycles. The summed E-state index contributed by atoms with van der Waals surface area (Å²) in [6.45, 7) is 0.782. The highest BCUT2D eigenvalue weighted by molar-refractivity contribution is 5.94. The first-order valence-corrected chi connectivity index (χ1v) is 6.98. The fourth-order valence-corrected chi connectivity index (χ4v) is 2.62. The van der Waals surface area contributed by atoms with Crippen molar-refractivity contribution in [3.8, 4) is 11.5 Å². The topological polar surface area (TPSA) is 68.0 Å². The van der Waals surface area contributed by atoms with Crippen LogP contribution in [0.3, 0.4) is 0 Å². The Morgan fingerprint density at radius 3 is 2.65 bits per heavy atom. The Bertz CT molecular complexity index is 557. The van der Waals surface area contributed by atoms with Gasteiger partial charge in [-0.3, -0.25) is 4.79 Å². The third kappa shape index (κ3) is 2.87. The van der Waals surface area contributed by atoms with Gasteiger partial charge in [-0.05, 0) is 43.0 Å². The number of carbonyl (C=O) groups is 1. The van der Waals surface area contributed by atoms with E-state index in [1.165, 1.54) is 32.0 Å². The van der Waals surface area contributed by atoms with Crippen LogP contribution in [0.5, 0.6) is 0 Å². The summed E-state index contributed by atoms with van der Waals surface area (Å²) in [6, 6.07) is 7.20. The van der Waals surface area contributed by atoms with Crippen molar-refractivity contribution in [2.24, 2.45) is 5.92 Å². The van der Waals surface area contributed by atoms with Crippen LogP contribution in [-0.2, 0) is 0 Å². The average molecular weight is 271 g/mol. The normalized spacial score (nSPS) is 15.4. The Morgan fingerprint density at radius 2 is 2.00 bits per heavy atom. The van der Waals surface area contributed by atoms with Gasteiger partial charge in [0.15, 0.2) is 6.33 Å². The van der Waals surface area contributed by atoms with Crippen molar-refractivity contribution in [1.29, 1.82) is 0 Å². The third-order valence-electron chi connectivity index (χ3n) is 3.78. The highest BCUT2D eigenvalue weighted by Gasteiger charge is 2.16. The molecular formula is C15H17N3O2. The molecular weight excluding hydrogens is 254 g/mol. The second-order valence-electron chi connectivity index (χ2n) is 5.18. The van der Waals surface area contributed by atoms with Gasteiger partial charge in [-0.1, -0.05) is 18.0 Å². The van der Waals surface area contributed by atoms with E-state index in [0.29, 0.717) is 17.4 Å². The number of hydrogen-bond acceptors (Lipinski definition) is 4. The van der Waals surface area contributed by atoms with Crippen molar-refractivity contribution in [2.75, 3.05) is 6.54 Å². The van der Waals surface area contributed by atoms with E-state index in [1.54, 1.807) is 12.1 Å². The zero-order chi connectivity index (χ0) is 13.8. The summed E-state index contributed by atoms with van der Waals surface area (Å²) in [5.41, 5.74) is 1.47. The molecule has 1 saturated carbocycles. The number of aromatic nitrogens is 2. The second kappa shape index (κ2) is 5.86. The maximum Gasteiger partial charge on any atom is 0.257 e. The van der Waals surface area contributed by atoms with E-state index >= 15 is 0 Å². The minimum Gasteiger partial charge on any atom is -0.352 e. The summed E-state index contributed by atoms with van der Waals surface area (Å²) in [6.07, 6.45) is 6.41. The highest BCUT2D eigenvalue weighted by atomic mass is 16.5. The van der Waals surface area contributed by atoms with E-state index in [0.717, 1.165) is 12.1 Å². The molecule has 1 N–H and O–H groups in total. The van der Waals surface area contributed by atoms with Crippen LogP contribution in [0.1, 0.15) is 36.0 Å². The average Bonchev–Trinajstić information content (AvgIpc) is 3.18. The van der Waals surface area contributed by atoms with Crippen LogP contribution in [0, 0.1) is 5.92 Å². The molecule has 1 amide bonds. The van der Waals surface area contributed by atoms with Gasteiger partial charge in [-0.2, -0.15) is 4.98 Å². The first kappa shape index (κ1) is 12.8. The molecule has 0 radical (unpaired) electrons. The van der Waals surface area contributed by atoms with Gasteiger partial charge in [0.1, 0.15) is 0 Å². The van der Waals surface area contributed by atoms with Crippen LogP contribution in [0.25, 0.3) is 11.5 Å². The lowest BCUT2D eigenvalue weighted by Crippen LogP contribution is -2.28. The molecule has 0 saturated heterocycles. The predicted octanol–water partition coefficient (Wildman–Crippen LogP) is 2.66. The van der Waals surface area contributed by atoms with Crippen molar-refractivity contribution in [3.63, 3.8) is 0 Å². The fourth-order valence-electron chi connectivity index (χ4n) is 2.62. The van der Waals surface area contributed by atoms with Crippen LogP contribution in [-0.4, -0.2) is 22.6 Å². The van der Waals surface area contributed by atoms with Crippen molar-refractivity contribution >= 4 is 5.91 Å². The molecule has 0 atom stereocenters. The van der Waals surface area contributed by atoms with Gasteiger partial charge in [-0.15, -0.1) is 0 Å². The minimum absolute atomic E-state index is 0.0195. The Morgan fingerprint density at radius 1 is 1.25 bits per heavy atom. The van der Waals surface area contributed by atoms with E-state index in [1.807, 2.05) is 12.1 Å². The van der Waals surface area contributed by atoms with Crippen LogP contribution in [0.2, 0.25) is 0 Å². The monoisotopic (exact) mass is 271 g/mol. The Hall–Kier alpha value is -2.17. The van der Waals surface area contributed by atoms with E-state index in [9.17, 15) is 4.79 Å². The zero-order valence-corrected chi connectivity index (χ0v) is 11.2. The smallest absolute Gasteiger partial charge is 0.257 e. The summed E-state index contributed by atoms with van der Waals surface area (Å²) in [7, 11) is 0. The summed E-state index contributed by atoms with van der Waals surface area (Å²) >= 11 is 0. The van der Waals surface area contributed by atoms with E-state index in [2.05, 4.69) is 15.5 Å². The first-order chi connectivity index (χ1) is 9.83. The standard InChI is InChI=1S/C15H17N3O2/c19-14(16-9-11-3-1-2-4-11)12-5-7-13(8-6-12)15-17-10-18-20-15/h5-8,10-11H,1-4,9H2,(H,16,19). The van der Waals surface area contributed by atoms with Gasteiger partial charge in [0.25, 0.3) is 11.8 Å². The maximum absolute atomic E-state index is 12.0. The van der Waals surface area contributed by atoms with Gasteiger partial charge in [0.05, 0.1) is 0 Å². The molecule has 5 nitrogen and oxygen atoms in total. The lowest BCUT2D eigenvalue weighted by molar-refractivity contribution is 0.0947. The molecule has 0 unspecified atom stereocenters. The predicted molar refractivity (Wildman–Crippen MR) is 74.0 cm³/mol. The number of nitrogens with zero attached hydrogens (tertiary/aromatic N) is 2. The molecule has 3 rings (SSSR count). The molecule has 0 spiro atoms. The minimum atomic E-state index is -0.0195. The molecule has 1 aliphatic rings. The lowest BCUT2D eigenvalue weighted by Gasteiger charge is -2.10. The maximum atomic E-state index is 12.0. The van der Waals surface area contributed by atoms with Crippen molar-refractivity contribution in [1.82, 2.24) is 15.5 Å². The first-order valence-electron chi connectivity index (χ1n) is 6.98. The summed E-state index contributed by atoms with van der Waals surface area (Å²) in [4.78, 5) is 16.0. The largest absolute Gasteiger partial charge is 0.352 e.